The van der Waals surface area contributed by atoms with Gasteiger partial charge in [-0.1, -0.05) is 0 Å². The van der Waals surface area contributed by atoms with Crippen LogP contribution >= 0.6 is 0 Å². The molecule has 46 heavy (non-hydrogen) atoms. The Kier molecular flexibility index (Phi) is 8.05. The van der Waals surface area contributed by atoms with E-state index in [1.807, 2.05) is 0 Å². The zero-order chi connectivity index (χ0) is 35.1. The van der Waals surface area contributed by atoms with Crippen molar-refractivity contribution in [3.8, 4) is 0 Å². The van der Waals surface area contributed by atoms with Gasteiger partial charge in [-0.15, -0.1) is 0 Å². The highest BCUT2D eigenvalue weighted by atomic mass is 32.2. The van der Waals surface area contributed by atoms with Gasteiger partial charge in [-0.3, -0.25) is 25.0 Å². The third-order valence-corrected chi connectivity index (χ3v) is 9.35. The molecule has 0 fully saturated rings. The Morgan fingerprint density at radius 3 is 1.22 bits per heavy atom. The van der Waals surface area contributed by atoms with Crippen LogP contribution in [0.3, 0.4) is 0 Å². The van der Waals surface area contributed by atoms with E-state index < -0.39 is 105 Å². The van der Waals surface area contributed by atoms with E-state index in [2.05, 4.69) is 0 Å². The fraction of sp³-hybridized carbons (Fsp3) is 0.320. The second kappa shape index (κ2) is 10.8. The summed E-state index contributed by atoms with van der Waals surface area (Å²) < 4.78 is 134. The Bertz CT molecular complexity index is 2050. The molecule has 2 aromatic heterocycles. The average molecular weight is 699 g/mol. The Morgan fingerprint density at radius 2 is 0.978 bits per heavy atom. The first-order valence-electron chi connectivity index (χ1n) is 12.5. The summed E-state index contributed by atoms with van der Waals surface area (Å²) in [4.78, 5) is 33.9. The van der Waals surface area contributed by atoms with Gasteiger partial charge in [0.05, 0.1) is 45.2 Å². The first kappa shape index (κ1) is 34.3. The number of aromatic nitrogens is 2. The van der Waals surface area contributed by atoms with Crippen LogP contribution in [0, 0.1) is 20.2 Å². The molecule has 2 unspecified atom stereocenters. The summed E-state index contributed by atoms with van der Waals surface area (Å²) in [5.74, 6) is -4.12. The molecule has 4 rings (SSSR count). The molecule has 0 aliphatic rings. The number of ketones is 1. The number of carbonyl (C=O) groups excluding carboxylic acids is 1. The number of carbonyl (C=O) groups is 1. The summed E-state index contributed by atoms with van der Waals surface area (Å²) in [6.45, 7) is 2.24. The average Bonchev–Trinajstić information content (AvgIpc) is 3.47. The molecule has 0 aliphatic heterocycles. The largest absolute Gasteiger partial charge is 0.423 e. The first-order chi connectivity index (χ1) is 20.8. The van der Waals surface area contributed by atoms with Crippen LogP contribution in [-0.4, -0.2) is 52.9 Å². The maximum absolute atomic E-state index is 13.8. The molecular weight excluding hydrogens is 678 g/mol. The highest BCUT2D eigenvalue weighted by molar-refractivity contribution is 7.89. The second-order valence-electron chi connectivity index (χ2n) is 10.4. The maximum atomic E-state index is 13.8. The Balaban J connectivity index is 1.96. The quantitative estimate of drug-likeness (QED) is 0.130. The molecule has 4 aromatic rings. The molecule has 0 N–H and O–H groups in total. The maximum Gasteiger partial charge on any atom is 0.423 e. The van der Waals surface area contributed by atoms with E-state index in [4.69, 9.17) is 0 Å². The molecule has 0 bridgehead atoms. The number of halogens is 6. The second-order valence-corrected chi connectivity index (χ2v) is 14.1. The molecule has 0 amide bonds. The van der Waals surface area contributed by atoms with Crippen molar-refractivity contribution >= 4 is 59.0 Å². The van der Waals surface area contributed by atoms with Crippen molar-refractivity contribution in [3.63, 3.8) is 0 Å². The zero-order valence-electron chi connectivity index (χ0n) is 23.7. The normalized spacial score (nSPS) is 14.5. The van der Waals surface area contributed by atoms with Crippen LogP contribution in [0.25, 0.3) is 21.8 Å². The van der Waals surface area contributed by atoms with Crippen molar-refractivity contribution in [2.45, 2.75) is 38.0 Å². The lowest BCUT2D eigenvalue weighted by Gasteiger charge is -2.20. The molecule has 13 nitrogen and oxygen atoms in total. The molecule has 2 heterocycles. The Hall–Kier alpha value is -4.53. The highest BCUT2D eigenvalue weighted by Crippen LogP contribution is 2.43. The van der Waals surface area contributed by atoms with E-state index in [1.165, 1.54) is 0 Å². The van der Waals surface area contributed by atoms with Crippen LogP contribution in [0.4, 0.5) is 37.7 Å². The van der Waals surface area contributed by atoms with E-state index in [9.17, 15) is 68.2 Å². The molecule has 0 radical (unpaired) electrons. The molecule has 2 atom stereocenters. The number of rotatable bonds is 8. The molecule has 248 valence electrons. The SMILES string of the molecule is CC(C(=O)C(C)c1cc2cc([N+](=O)[O-])c(C(F)(F)F)cc2n1S(C)(=O)=O)c1cc2cc([N+](=O)[O-])c(C(F)(F)F)cc2n1S(C)(=O)=O. The van der Waals surface area contributed by atoms with Gasteiger partial charge >= 0.3 is 12.4 Å². The van der Waals surface area contributed by atoms with Crippen molar-refractivity contribution < 1.29 is 57.8 Å². The lowest BCUT2D eigenvalue weighted by Crippen LogP contribution is -2.24. The minimum Gasteiger partial charge on any atom is -0.298 e. The number of benzene rings is 2. The lowest BCUT2D eigenvalue weighted by atomic mass is 9.91. The predicted molar refractivity (Wildman–Crippen MR) is 150 cm³/mol. The number of hydrogen-bond acceptors (Lipinski definition) is 9. The first-order valence-corrected chi connectivity index (χ1v) is 16.2. The molecular formula is C25H20F6N4O9S2. The van der Waals surface area contributed by atoms with Crippen molar-refractivity contribution in [2.75, 3.05) is 12.5 Å². The summed E-state index contributed by atoms with van der Waals surface area (Å²) in [6.07, 6.45) is -9.37. The van der Waals surface area contributed by atoms with Gasteiger partial charge in [0.15, 0.2) is 0 Å². The van der Waals surface area contributed by atoms with E-state index in [0.717, 1.165) is 26.0 Å². The number of nitro benzene ring substituents is 2. The lowest BCUT2D eigenvalue weighted by molar-refractivity contribution is -0.388. The van der Waals surface area contributed by atoms with Crippen molar-refractivity contribution in [2.24, 2.45) is 0 Å². The van der Waals surface area contributed by atoms with Gasteiger partial charge in [0.2, 0.25) is 20.0 Å². The fourth-order valence-corrected chi connectivity index (χ4v) is 7.47. The zero-order valence-corrected chi connectivity index (χ0v) is 25.3. The van der Waals surface area contributed by atoms with Gasteiger partial charge in [-0.25, -0.2) is 24.8 Å². The molecule has 2 aromatic carbocycles. The van der Waals surface area contributed by atoms with Crippen LogP contribution in [0.5, 0.6) is 0 Å². The van der Waals surface area contributed by atoms with Crippen LogP contribution in [-0.2, 0) is 37.2 Å². The van der Waals surface area contributed by atoms with Crippen molar-refractivity contribution in [1.29, 1.82) is 0 Å². The van der Waals surface area contributed by atoms with E-state index in [0.29, 0.717) is 32.6 Å². The fourth-order valence-electron chi connectivity index (χ4n) is 5.25. The third kappa shape index (κ3) is 5.90. The Labute approximate surface area is 254 Å². The predicted octanol–water partition coefficient (Wildman–Crippen LogP) is 5.54. The molecule has 0 saturated carbocycles. The standard InChI is InChI=1S/C25H20F6N4O9S2/c1-11(17-5-13-7-21(34(37)38)15(24(26,27)28)9-19(13)32(17)45(3,41)42)23(36)12(2)18-6-14-8-22(35(39)40)16(25(29,30)31)10-20(14)33(18)46(4,43)44/h5-12H,1-4H3. The minimum atomic E-state index is -5.28. The smallest absolute Gasteiger partial charge is 0.298 e. The Morgan fingerprint density at radius 1 is 0.674 bits per heavy atom. The van der Waals surface area contributed by atoms with Crippen LogP contribution < -0.4 is 0 Å². The van der Waals surface area contributed by atoms with Crippen molar-refractivity contribution in [3.05, 3.63) is 79.1 Å². The summed E-state index contributed by atoms with van der Waals surface area (Å²) in [5, 5.41) is 22.1. The number of nitro groups is 2. The summed E-state index contributed by atoms with van der Waals surface area (Å²) in [5.41, 5.74) is -8.54. The summed E-state index contributed by atoms with van der Waals surface area (Å²) >= 11 is 0. The van der Waals surface area contributed by atoms with E-state index >= 15 is 0 Å². The molecule has 0 aliphatic carbocycles. The molecule has 0 saturated heterocycles. The van der Waals surface area contributed by atoms with Crippen LogP contribution in [0.1, 0.15) is 48.2 Å². The highest BCUT2D eigenvalue weighted by Gasteiger charge is 2.42. The number of nitrogens with zero attached hydrogens (tertiary/aromatic N) is 4. The van der Waals surface area contributed by atoms with Crippen LogP contribution in [0.2, 0.25) is 0 Å². The number of alkyl halides is 6. The minimum absolute atomic E-state index is 0.241. The van der Waals surface area contributed by atoms with Crippen LogP contribution in [0.15, 0.2) is 36.4 Å². The van der Waals surface area contributed by atoms with Gasteiger partial charge < -0.3 is 0 Å². The topological polar surface area (TPSA) is 181 Å². The monoisotopic (exact) mass is 698 g/mol. The van der Waals surface area contributed by atoms with Crippen molar-refractivity contribution in [1.82, 2.24) is 7.94 Å². The van der Waals surface area contributed by atoms with Gasteiger partial charge in [0, 0.05) is 34.3 Å². The summed E-state index contributed by atoms with van der Waals surface area (Å²) in [7, 11) is -9.02. The van der Waals surface area contributed by atoms with Gasteiger partial charge in [0.1, 0.15) is 16.9 Å². The number of hydrogen-bond donors (Lipinski definition) is 0. The van der Waals surface area contributed by atoms with Gasteiger partial charge in [0.25, 0.3) is 11.4 Å². The van der Waals surface area contributed by atoms with Gasteiger partial charge in [-0.05, 0) is 38.1 Å². The summed E-state index contributed by atoms with van der Waals surface area (Å²) in [6, 6.07) is 3.32. The van der Waals surface area contributed by atoms with Gasteiger partial charge in [-0.2, -0.15) is 26.3 Å². The number of Topliss-reactive ketones (excluding diaryl/α,β-unsaturated/α-hetero) is 1. The van der Waals surface area contributed by atoms with E-state index in [-0.39, 0.29) is 22.9 Å². The van der Waals surface area contributed by atoms with E-state index in [1.54, 1.807) is 0 Å². The molecule has 0 spiro atoms. The molecule has 21 heteroatoms. The number of fused-ring (bicyclic) bond motifs is 2. The third-order valence-electron chi connectivity index (χ3n) is 7.21.